The maximum absolute atomic E-state index is 12.1. The van der Waals surface area contributed by atoms with E-state index in [9.17, 15) is 29.4 Å². The molecule has 1 heterocycles. The first-order chi connectivity index (χ1) is 12.3. The van der Waals surface area contributed by atoms with Crippen LogP contribution in [-0.4, -0.2) is 78.1 Å². The van der Waals surface area contributed by atoms with Gasteiger partial charge in [0.1, 0.15) is 25.4 Å². The van der Waals surface area contributed by atoms with Crippen molar-refractivity contribution < 1.29 is 48.3 Å². The lowest BCUT2D eigenvalue weighted by Gasteiger charge is -2.15. The number of hydrogen-bond acceptors (Lipinski definition) is 10. The van der Waals surface area contributed by atoms with Crippen molar-refractivity contribution in [3.05, 3.63) is 0 Å². The molecule has 0 radical (unpaired) electrons. The maximum Gasteiger partial charge on any atom is 0.344 e. The van der Waals surface area contributed by atoms with Gasteiger partial charge in [-0.2, -0.15) is 0 Å². The molecule has 148 valence electrons. The Kier molecular flexibility index (Phi) is 9.17. The van der Waals surface area contributed by atoms with E-state index in [-0.39, 0.29) is 19.4 Å². The van der Waals surface area contributed by atoms with Crippen molar-refractivity contribution in [3.8, 4) is 0 Å². The van der Waals surface area contributed by atoms with Crippen LogP contribution in [0.2, 0.25) is 0 Å². The monoisotopic (exact) mass is 376 g/mol. The van der Waals surface area contributed by atoms with Gasteiger partial charge in [-0.1, -0.05) is 13.8 Å². The van der Waals surface area contributed by atoms with Crippen LogP contribution in [0.5, 0.6) is 0 Å². The Morgan fingerprint density at radius 1 is 1.08 bits per heavy atom. The number of aliphatic hydroxyl groups excluding tert-OH is 2. The van der Waals surface area contributed by atoms with Crippen LogP contribution in [0, 0.1) is 0 Å². The summed E-state index contributed by atoms with van der Waals surface area (Å²) in [7, 11) is 0. The molecular weight excluding hydrogens is 352 g/mol. The fourth-order valence-electron chi connectivity index (χ4n) is 2.02. The number of cyclic esters (lactones) is 1. The highest BCUT2D eigenvalue weighted by molar-refractivity contribution is 6.09. The van der Waals surface area contributed by atoms with E-state index in [4.69, 9.17) is 18.9 Å². The van der Waals surface area contributed by atoms with E-state index in [2.05, 4.69) is 0 Å². The molecule has 4 unspecified atom stereocenters. The number of rotatable bonds is 11. The number of esters is 3. The normalized spacial score (nSPS) is 21.8. The van der Waals surface area contributed by atoms with E-state index in [1.165, 1.54) is 0 Å². The van der Waals surface area contributed by atoms with Gasteiger partial charge < -0.3 is 29.2 Å². The first kappa shape index (κ1) is 22.0. The van der Waals surface area contributed by atoms with Gasteiger partial charge in [0.15, 0.2) is 6.10 Å². The smallest absolute Gasteiger partial charge is 0.344 e. The molecule has 0 saturated carbocycles. The highest BCUT2D eigenvalue weighted by atomic mass is 16.6. The Balaban J connectivity index is 2.43. The minimum absolute atomic E-state index is 0.0948. The highest BCUT2D eigenvalue weighted by Gasteiger charge is 2.48. The second-order valence-corrected chi connectivity index (χ2v) is 5.66. The van der Waals surface area contributed by atoms with Crippen molar-refractivity contribution in [1.29, 1.82) is 0 Å². The summed E-state index contributed by atoms with van der Waals surface area (Å²) in [6.45, 7) is 2.07. The minimum atomic E-state index is -1.61. The van der Waals surface area contributed by atoms with Gasteiger partial charge in [0.2, 0.25) is 11.9 Å². The number of Topliss-reactive ketones (excluding diaryl/α,β-unsaturated/α-hetero) is 1. The molecule has 10 heteroatoms. The predicted octanol–water partition coefficient (Wildman–Crippen LogP) is -1.12. The molecule has 1 rings (SSSR count). The molecular formula is C16H24O10. The van der Waals surface area contributed by atoms with Crippen LogP contribution < -0.4 is 0 Å². The molecule has 1 fully saturated rings. The SMILES string of the molecule is CCCC(=O)OCC(O)COC1C(=O)OC(C(O)COC(=O)CC)C1=O. The second kappa shape index (κ2) is 10.8. The van der Waals surface area contributed by atoms with Gasteiger partial charge in [-0.15, -0.1) is 0 Å². The fraction of sp³-hybridized carbons (Fsp3) is 0.750. The number of carbonyl (C=O) groups is 4. The summed E-state index contributed by atoms with van der Waals surface area (Å²) in [5, 5.41) is 19.5. The zero-order valence-electron chi connectivity index (χ0n) is 14.7. The highest BCUT2D eigenvalue weighted by Crippen LogP contribution is 2.18. The van der Waals surface area contributed by atoms with Crippen molar-refractivity contribution in [1.82, 2.24) is 0 Å². The number of ketones is 1. The predicted molar refractivity (Wildman–Crippen MR) is 83.8 cm³/mol. The van der Waals surface area contributed by atoms with Gasteiger partial charge in [-0.25, -0.2) is 4.79 Å². The third-order valence-corrected chi connectivity index (χ3v) is 3.40. The Morgan fingerprint density at radius 2 is 1.73 bits per heavy atom. The molecule has 0 aromatic carbocycles. The van der Waals surface area contributed by atoms with E-state index >= 15 is 0 Å². The van der Waals surface area contributed by atoms with E-state index in [0.717, 1.165) is 0 Å². The summed E-state index contributed by atoms with van der Waals surface area (Å²) >= 11 is 0. The molecule has 0 amide bonds. The van der Waals surface area contributed by atoms with Crippen molar-refractivity contribution >= 4 is 23.7 Å². The summed E-state index contributed by atoms with van der Waals surface area (Å²) in [6, 6.07) is 0. The largest absolute Gasteiger partial charge is 0.463 e. The lowest BCUT2D eigenvalue weighted by molar-refractivity contribution is -0.158. The Labute approximate surface area is 150 Å². The molecule has 1 aliphatic heterocycles. The van der Waals surface area contributed by atoms with Crippen molar-refractivity contribution in [2.45, 2.75) is 57.5 Å². The lowest BCUT2D eigenvalue weighted by atomic mass is 10.1. The van der Waals surface area contributed by atoms with Crippen LogP contribution >= 0.6 is 0 Å². The first-order valence-electron chi connectivity index (χ1n) is 8.33. The number of carbonyl (C=O) groups excluding carboxylic acids is 4. The molecule has 0 aliphatic carbocycles. The van der Waals surface area contributed by atoms with E-state index in [1.807, 2.05) is 0 Å². The first-order valence-corrected chi connectivity index (χ1v) is 8.33. The van der Waals surface area contributed by atoms with Gasteiger partial charge in [0.25, 0.3) is 0 Å². The van der Waals surface area contributed by atoms with Gasteiger partial charge in [0, 0.05) is 12.8 Å². The number of ether oxygens (including phenoxy) is 4. The fourth-order valence-corrected chi connectivity index (χ4v) is 2.02. The number of aliphatic hydroxyl groups is 2. The van der Waals surface area contributed by atoms with Crippen LogP contribution in [0.1, 0.15) is 33.1 Å². The molecule has 1 aliphatic rings. The standard InChI is InChI=1S/C16H24O10/c1-3-5-12(20)23-6-9(17)7-25-15-13(21)14(26-16(15)22)10(18)8-24-11(19)4-2/h9-10,14-15,17-18H,3-8H2,1-2H3. The van der Waals surface area contributed by atoms with Gasteiger partial charge >= 0.3 is 17.9 Å². The lowest BCUT2D eigenvalue weighted by Crippen LogP contribution is -2.39. The summed E-state index contributed by atoms with van der Waals surface area (Å²) in [4.78, 5) is 46.1. The van der Waals surface area contributed by atoms with Crippen molar-refractivity contribution in [2.75, 3.05) is 19.8 Å². The topological polar surface area (TPSA) is 146 Å². The van der Waals surface area contributed by atoms with Crippen molar-refractivity contribution in [3.63, 3.8) is 0 Å². The zero-order valence-corrected chi connectivity index (χ0v) is 14.7. The summed E-state index contributed by atoms with van der Waals surface area (Å²) in [5.41, 5.74) is 0. The molecule has 0 aromatic heterocycles. The third-order valence-electron chi connectivity index (χ3n) is 3.40. The maximum atomic E-state index is 12.1. The molecule has 4 atom stereocenters. The molecule has 0 aromatic rings. The van der Waals surface area contributed by atoms with Gasteiger partial charge in [-0.05, 0) is 6.42 Å². The molecule has 0 spiro atoms. The summed E-state index contributed by atoms with van der Waals surface area (Å²) in [5.74, 6) is -2.91. The molecule has 10 nitrogen and oxygen atoms in total. The van der Waals surface area contributed by atoms with Crippen LogP contribution in [0.3, 0.4) is 0 Å². The third kappa shape index (κ3) is 6.70. The van der Waals surface area contributed by atoms with E-state index < -0.39 is 61.3 Å². The van der Waals surface area contributed by atoms with Crippen LogP contribution in [-0.2, 0) is 38.1 Å². The summed E-state index contributed by atoms with van der Waals surface area (Å²) < 4.78 is 19.3. The molecule has 0 bridgehead atoms. The average Bonchev–Trinajstić information content (AvgIpc) is 2.90. The Hall–Kier alpha value is -2.04. The van der Waals surface area contributed by atoms with Gasteiger partial charge in [0.05, 0.1) is 6.61 Å². The van der Waals surface area contributed by atoms with Crippen molar-refractivity contribution in [2.24, 2.45) is 0 Å². The molecule has 1 saturated heterocycles. The van der Waals surface area contributed by atoms with Gasteiger partial charge in [-0.3, -0.25) is 14.4 Å². The molecule has 2 N–H and O–H groups in total. The average molecular weight is 376 g/mol. The van der Waals surface area contributed by atoms with Crippen LogP contribution in [0.4, 0.5) is 0 Å². The van der Waals surface area contributed by atoms with Crippen LogP contribution in [0.15, 0.2) is 0 Å². The Morgan fingerprint density at radius 3 is 2.35 bits per heavy atom. The zero-order chi connectivity index (χ0) is 19.7. The Bertz CT molecular complexity index is 517. The van der Waals surface area contributed by atoms with Crippen LogP contribution in [0.25, 0.3) is 0 Å². The summed E-state index contributed by atoms with van der Waals surface area (Å²) in [6.07, 6.45) is -4.97. The second-order valence-electron chi connectivity index (χ2n) is 5.66. The minimum Gasteiger partial charge on any atom is -0.463 e. The van der Waals surface area contributed by atoms with E-state index in [1.54, 1.807) is 13.8 Å². The molecule has 26 heavy (non-hydrogen) atoms. The van der Waals surface area contributed by atoms with E-state index in [0.29, 0.717) is 6.42 Å². The number of hydrogen-bond donors (Lipinski definition) is 2. The quantitative estimate of drug-likeness (QED) is 0.258.